The van der Waals surface area contributed by atoms with E-state index >= 15 is 0 Å². The second-order valence-corrected chi connectivity index (χ2v) is 6.95. The van der Waals surface area contributed by atoms with Gasteiger partial charge < -0.3 is 10.2 Å². The van der Waals surface area contributed by atoms with E-state index in [4.69, 9.17) is 0 Å². The first kappa shape index (κ1) is 13.1. The Balaban J connectivity index is 1.39. The first-order chi connectivity index (χ1) is 10.2. The van der Waals surface area contributed by atoms with Crippen LogP contribution in [-0.2, 0) is 6.54 Å². The lowest BCUT2D eigenvalue weighted by Gasteiger charge is -2.48. The molecule has 0 radical (unpaired) electrons. The minimum Gasteiger partial charge on any atom is -0.328 e. The summed E-state index contributed by atoms with van der Waals surface area (Å²) in [6.07, 6.45) is 7.27. The van der Waals surface area contributed by atoms with E-state index in [0.717, 1.165) is 44.1 Å². The molecular formula is C15H23N5O. The van der Waals surface area contributed by atoms with Gasteiger partial charge in [-0.3, -0.25) is 0 Å². The fraction of sp³-hybridized carbons (Fsp3) is 0.800. The molecule has 21 heavy (non-hydrogen) atoms. The Kier molecular flexibility index (Phi) is 2.94. The standard InChI is InChI=1S/C15H23N5O/c1-11-16-13-12(5-4-8-20(13)18-11)17-14(21)19-9-15(10-19)6-2-3-7-15/h12H,2-10H2,1H3,(H,17,21). The molecule has 1 aromatic heterocycles. The minimum atomic E-state index is 0.0209. The van der Waals surface area contributed by atoms with Gasteiger partial charge in [0, 0.05) is 25.0 Å². The summed E-state index contributed by atoms with van der Waals surface area (Å²) in [5.41, 5.74) is 0.459. The number of aromatic nitrogens is 3. The molecule has 4 rings (SSSR count). The minimum absolute atomic E-state index is 0.0209. The second-order valence-electron chi connectivity index (χ2n) is 6.95. The highest BCUT2D eigenvalue weighted by Gasteiger charge is 2.46. The number of nitrogens with one attached hydrogen (secondary N) is 1. The van der Waals surface area contributed by atoms with Crippen molar-refractivity contribution in [2.24, 2.45) is 5.41 Å². The first-order valence-corrected chi connectivity index (χ1v) is 8.12. The highest BCUT2D eigenvalue weighted by Crippen LogP contribution is 2.45. The van der Waals surface area contributed by atoms with Gasteiger partial charge in [-0.05, 0) is 32.6 Å². The summed E-state index contributed by atoms with van der Waals surface area (Å²) >= 11 is 0. The molecule has 1 saturated carbocycles. The van der Waals surface area contributed by atoms with Crippen molar-refractivity contribution in [3.8, 4) is 0 Å². The number of amides is 2. The largest absolute Gasteiger partial charge is 0.328 e. The number of aryl methyl sites for hydroxylation is 2. The Morgan fingerprint density at radius 3 is 2.81 bits per heavy atom. The molecule has 1 unspecified atom stereocenters. The predicted octanol–water partition coefficient (Wildman–Crippen LogP) is 2.01. The summed E-state index contributed by atoms with van der Waals surface area (Å²) in [7, 11) is 0. The van der Waals surface area contributed by atoms with E-state index in [-0.39, 0.29) is 12.1 Å². The van der Waals surface area contributed by atoms with Crippen LogP contribution in [0.4, 0.5) is 4.79 Å². The van der Waals surface area contributed by atoms with E-state index in [1.54, 1.807) is 0 Å². The molecule has 0 bridgehead atoms. The van der Waals surface area contributed by atoms with E-state index in [2.05, 4.69) is 15.4 Å². The number of hydrogen-bond donors (Lipinski definition) is 1. The van der Waals surface area contributed by atoms with Crippen LogP contribution in [0.25, 0.3) is 0 Å². The second kappa shape index (κ2) is 4.71. The molecule has 1 saturated heterocycles. The van der Waals surface area contributed by atoms with Crippen LogP contribution in [-0.4, -0.2) is 38.8 Å². The molecule has 2 amide bonds. The van der Waals surface area contributed by atoms with E-state index in [1.807, 2.05) is 16.5 Å². The lowest BCUT2D eigenvalue weighted by Crippen LogP contribution is -2.60. The zero-order chi connectivity index (χ0) is 14.4. The summed E-state index contributed by atoms with van der Waals surface area (Å²) in [4.78, 5) is 18.9. The smallest absolute Gasteiger partial charge is 0.318 e. The third kappa shape index (κ3) is 2.21. The van der Waals surface area contributed by atoms with Crippen molar-refractivity contribution >= 4 is 6.03 Å². The summed E-state index contributed by atoms with van der Waals surface area (Å²) in [6, 6.07) is 0.0965. The number of rotatable bonds is 1. The fourth-order valence-electron chi connectivity index (χ4n) is 4.19. The number of nitrogens with zero attached hydrogens (tertiary/aromatic N) is 4. The van der Waals surface area contributed by atoms with Crippen molar-refractivity contribution in [3.63, 3.8) is 0 Å². The topological polar surface area (TPSA) is 63.1 Å². The maximum atomic E-state index is 12.4. The molecule has 1 N–H and O–H groups in total. The number of fused-ring (bicyclic) bond motifs is 1. The Morgan fingerprint density at radius 1 is 1.29 bits per heavy atom. The van der Waals surface area contributed by atoms with Gasteiger partial charge in [0.15, 0.2) is 0 Å². The molecule has 3 aliphatic rings. The summed E-state index contributed by atoms with van der Waals surface area (Å²) < 4.78 is 1.94. The first-order valence-electron chi connectivity index (χ1n) is 8.12. The predicted molar refractivity (Wildman–Crippen MR) is 77.7 cm³/mol. The van der Waals surface area contributed by atoms with Crippen molar-refractivity contribution in [1.82, 2.24) is 25.0 Å². The van der Waals surface area contributed by atoms with Gasteiger partial charge in [-0.2, -0.15) is 5.10 Å². The fourth-order valence-corrected chi connectivity index (χ4v) is 4.19. The number of carbonyl (C=O) groups excluding carboxylic acids is 1. The normalized spacial score (nSPS) is 26.5. The lowest BCUT2D eigenvalue weighted by molar-refractivity contribution is 0.0354. The lowest BCUT2D eigenvalue weighted by atomic mass is 9.78. The van der Waals surface area contributed by atoms with Crippen LogP contribution in [0.15, 0.2) is 0 Å². The van der Waals surface area contributed by atoms with Gasteiger partial charge in [0.1, 0.15) is 11.6 Å². The molecule has 2 aliphatic heterocycles. The molecule has 2 fully saturated rings. The van der Waals surface area contributed by atoms with Crippen LogP contribution in [0.3, 0.4) is 0 Å². The third-order valence-electron chi connectivity index (χ3n) is 5.28. The third-order valence-corrected chi connectivity index (χ3v) is 5.28. The van der Waals surface area contributed by atoms with Gasteiger partial charge in [0.05, 0.1) is 6.04 Å². The molecule has 114 valence electrons. The van der Waals surface area contributed by atoms with Crippen LogP contribution in [0.5, 0.6) is 0 Å². The van der Waals surface area contributed by atoms with Gasteiger partial charge in [-0.25, -0.2) is 14.5 Å². The summed E-state index contributed by atoms with van der Waals surface area (Å²) in [5.74, 6) is 1.71. The highest BCUT2D eigenvalue weighted by molar-refractivity contribution is 5.75. The van der Waals surface area contributed by atoms with Gasteiger partial charge in [-0.1, -0.05) is 12.8 Å². The van der Waals surface area contributed by atoms with Crippen molar-refractivity contribution in [2.45, 2.75) is 58.0 Å². The average molecular weight is 289 g/mol. The Hall–Kier alpha value is -1.59. The number of carbonyl (C=O) groups is 1. The van der Waals surface area contributed by atoms with Crippen LogP contribution in [0.2, 0.25) is 0 Å². The molecule has 6 heteroatoms. The van der Waals surface area contributed by atoms with E-state index < -0.39 is 0 Å². The average Bonchev–Trinajstić information content (AvgIpc) is 3.02. The Labute approximate surface area is 124 Å². The molecule has 0 aromatic carbocycles. The molecule has 6 nitrogen and oxygen atoms in total. The maximum absolute atomic E-state index is 12.4. The van der Waals surface area contributed by atoms with Crippen LogP contribution >= 0.6 is 0 Å². The van der Waals surface area contributed by atoms with Gasteiger partial charge in [-0.15, -0.1) is 0 Å². The van der Waals surface area contributed by atoms with E-state index in [9.17, 15) is 4.79 Å². The van der Waals surface area contributed by atoms with Crippen LogP contribution < -0.4 is 5.32 Å². The Bertz CT molecular complexity index is 552. The van der Waals surface area contributed by atoms with Gasteiger partial charge in [0.2, 0.25) is 0 Å². The molecule has 1 spiro atoms. The van der Waals surface area contributed by atoms with E-state index in [1.165, 1.54) is 25.7 Å². The summed E-state index contributed by atoms with van der Waals surface area (Å²) in [6.45, 7) is 4.70. The van der Waals surface area contributed by atoms with Gasteiger partial charge in [0.25, 0.3) is 0 Å². The van der Waals surface area contributed by atoms with Crippen LogP contribution in [0, 0.1) is 12.3 Å². The monoisotopic (exact) mass is 289 g/mol. The number of hydrogen-bond acceptors (Lipinski definition) is 3. The quantitative estimate of drug-likeness (QED) is 0.860. The molecule has 1 aliphatic carbocycles. The van der Waals surface area contributed by atoms with Crippen molar-refractivity contribution in [2.75, 3.05) is 13.1 Å². The van der Waals surface area contributed by atoms with Crippen molar-refractivity contribution in [3.05, 3.63) is 11.6 Å². The van der Waals surface area contributed by atoms with Gasteiger partial charge >= 0.3 is 6.03 Å². The Morgan fingerprint density at radius 2 is 2.05 bits per heavy atom. The molecule has 3 heterocycles. The summed E-state index contributed by atoms with van der Waals surface area (Å²) in [5, 5.41) is 7.55. The van der Waals surface area contributed by atoms with E-state index in [0.29, 0.717) is 5.41 Å². The molecular weight excluding hydrogens is 266 g/mol. The number of urea groups is 1. The van der Waals surface area contributed by atoms with Crippen molar-refractivity contribution in [1.29, 1.82) is 0 Å². The zero-order valence-electron chi connectivity index (χ0n) is 12.6. The number of likely N-dealkylation sites (tertiary alicyclic amines) is 1. The van der Waals surface area contributed by atoms with Crippen LogP contribution in [0.1, 0.15) is 56.2 Å². The molecule has 1 atom stereocenters. The maximum Gasteiger partial charge on any atom is 0.318 e. The molecule has 1 aromatic rings. The van der Waals surface area contributed by atoms with Crippen molar-refractivity contribution < 1.29 is 4.79 Å². The SMILES string of the molecule is Cc1nc2n(n1)CCCC2NC(=O)N1CC2(CCCC2)C1. The highest BCUT2D eigenvalue weighted by atomic mass is 16.2. The zero-order valence-corrected chi connectivity index (χ0v) is 12.6.